The number of nitrogens with zero attached hydrogens (tertiary/aromatic N) is 4. The second kappa shape index (κ2) is 4.54. The Balaban J connectivity index is 2.34. The van der Waals surface area contributed by atoms with E-state index in [0.717, 1.165) is 0 Å². The fraction of sp³-hybridized carbons (Fsp3) is 0.333. The molecule has 8 heteroatoms. The van der Waals surface area contributed by atoms with Gasteiger partial charge in [0, 0.05) is 6.07 Å². The van der Waals surface area contributed by atoms with Gasteiger partial charge in [0.2, 0.25) is 0 Å². The lowest BCUT2D eigenvalue weighted by atomic mass is 10.3. The zero-order chi connectivity index (χ0) is 12.4. The monoisotopic (exact) mass is 255 g/mol. The highest BCUT2D eigenvalue weighted by Gasteiger charge is 2.15. The highest BCUT2D eigenvalue weighted by atomic mass is 35.5. The van der Waals surface area contributed by atoms with Crippen LogP contribution in [0.4, 0.5) is 5.82 Å². The van der Waals surface area contributed by atoms with Gasteiger partial charge in [-0.05, 0) is 6.92 Å². The normalized spacial score (nSPS) is 12.4. The van der Waals surface area contributed by atoms with Crippen LogP contribution in [0.1, 0.15) is 6.92 Å². The van der Waals surface area contributed by atoms with E-state index in [1.54, 1.807) is 13.0 Å². The van der Waals surface area contributed by atoms with Crippen LogP contribution >= 0.6 is 11.6 Å². The Kier molecular flexibility index (Phi) is 3.10. The summed E-state index contributed by atoms with van der Waals surface area (Å²) in [6.07, 6.45) is 1.35. The Morgan fingerprint density at radius 2 is 2.41 bits per heavy atom. The number of carbonyl (C=O) groups excluding carboxylic acids is 1. The molecule has 0 bridgehead atoms. The largest absolute Gasteiger partial charge is 0.467 e. The molecule has 7 nitrogen and oxygen atoms in total. The molecule has 90 valence electrons. The number of hydrogen-bond acceptors (Lipinski definition) is 6. The van der Waals surface area contributed by atoms with Crippen LogP contribution in [0.15, 0.2) is 12.4 Å². The quantitative estimate of drug-likeness (QED) is 0.644. The molecule has 0 saturated heterocycles. The van der Waals surface area contributed by atoms with Crippen molar-refractivity contribution in [2.75, 3.05) is 12.4 Å². The van der Waals surface area contributed by atoms with Crippen LogP contribution in [0.25, 0.3) is 5.78 Å². The second-order valence-corrected chi connectivity index (χ2v) is 3.71. The number of nitrogens with one attached hydrogen (secondary N) is 1. The van der Waals surface area contributed by atoms with E-state index in [4.69, 9.17) is 11.6 Å². The molecular weight excluding hydrogens is 246 g/mol. The number of rotatable bonds is 3. The van der Waals surface area contributed by atoms with Gasteiger partial charge in [0.25, 0.3) is 5.78 Å². The molecule has 0 aliphatic carbocycles. The molecule has 2 heterocycles. The van der Waals surface area contributed by atoms with Crippen LogP contribution in [0.3, 0.4) is 0 Å². The average molecular weight is 256 g/mol. The van der Waals surface area contributed by atoms with Gasteiger partial charge in [0.05, 0.1) is 7.11 Å². The SMILES string of the molecule is COC(=O)C(C)Nc1cc(Cl)nc2ncnn12. The molecule has 0 spiro atoms. The third-order valence-electron chi connectivity index (χ3n) is 2.14. The molecule has 0 fully saturated rings. The molecular formula is C9H10ClN5O2. The van der Waals surface area contributed by atoms with E-state index in [2.05, 4.69) is 25.1 Å². The molecule has 1 atom stereocenters. The first-order chi connectivity index (χ1) is 8.11. The van der Waals surface area contributed by atoms with Crippen molar-refractivity contribution >= 4 is 29.2 Å². The summed E-state index contributed by atoms with van der Waals surface area (Å²) < 4.78 is 6.06. The van der Waals surface area contributed by atoms with Crippen LogP contribution in [0.2, 0.25) is 5.15 Å². The fourth-order valence-corrected chi connectivity index (χ4v) is 1.52. The molecule has 0 aliphatic rings. The number of ether oxygens (including phenoxy) is 1. The highest BCUT2D eigenvalue weighted by molar-refractivity contribution is 6.29. The van der Waals surface area contributed by atoms with Crippen molar-refractivity contribution in [1.82, 2.24) is 19.6 Å². The van der Waals surface area contributed by atoms with Crippen molar-refractivity contribution in [1.29, 1.82) is 0 Å². The van der Waals surface area contributed by atoms with Crippen molar-refractivity contribution < 1.29 is 9.53 Å². The molecule has 2 rings (SSSR count). The summed E-state index contributed by atoms with van der Waals surface area (Å²) in [6, 6.07) is 1.04. The van der Waals surface area contributed by atoms with E-state index in [1.165, 1.54) is 18.0 Å². The summed E-state index contributed by atoms with van der Waals surface area (Å²) in [7, 11) is 1.32. The number of aromatic nitrogens is 4. The Morgan fingerprint density at radius 1 is 1.65 bits per heavy atom. The van der Waals surface area contributed by atoms with Crippen molar-refractivity contribution in [2.45, 2.75) is 13.0 Å². The number of hydrogen-bond donors (Lipinski definition) is 1. The Bertz CT molecular complexity index is 555. The smallest absolute Gasteiger partial charge is 0.328 e. The average Bonchev–Trinajstić information content (AvgIpc) is 2.75. The molecule has 0 saturated carbocycles. The van der Waals surface area contributed by atoms with E-state index in [9.17, 15) is 4.79 Å². The maximum Gasteiger partial charge on any atom is 0.328 e. The summed E-state index contributed by atoms with van der Waals surface area (Å²) >= 11 is 5.83. The molecule has 17 heavy (non-hydrogen) atoms. The molecule has 1 unspecified atom stereocenters. The van der Waals surface area contributed by atoms with Gasteiger partial charge in [-0.25, -0.2) is 4.79 Å². The number of carbonyl (C=O) groups is 1. The number of halogens is 1. The van der Waals surface area contributed by atoms with Gasteiger partial charge in [-0.15, -0.1) is 0 Å². The van der Waals surface area contributed by atoms with Crippen LogP contribution in [-0.4, -0.2) is 38.7 Å². The minimum atomic E-state index is -0.522. The van der Waals surface area contributed by atoms with E-state index in [0.29, 0.717) is 11.6 Å². The molecule has 0 radical (unpaired) electrons. The molecule has 0 aromatic carbocycles. The molecule has 0 amide bonds. The number of methoxy groups -OCH3 is 1. The summed E-state index contributed by atoms with van der Waals surface area (Å²) in [5.74, 6) is 0.499. The molecule has 1 N–H and O–H groups in total. The number of anilines is 1. The number of fused-ring (bicyclic) bond motifs is 1. The minimum absolute atomic E-state index is 0.269. The van der Waals surface area contributed by atoms with Crippen LogP contribution in [-0.2, 0) is 9.53 Å². The first kappa shape index (κ1) is 11.6. The lowest BCUT2D eigenvalue weighted by Gasteiger charge is -2.13. The highest BCUT2D eigenvalue weighted by Crippen LogP contribution is 2.15. The Labute approximate surface area is 102 Å². The minimum Gasteiger partial charge on any atom is -0.467 e. The number of esters is 1. The van der Waals surface area contributed by atoms with Crippen molar-refractivity contribution in [3.05, 3.63) is 17.5 Å². The summed E-state index contributed by atoms with van der Waals surface area (Å²) in [5.41, 5.74) is 0. The van der Waals surface area contributed by atoms with Gasteiger partial charge in [-0.1, -0.05) is 11.6 Å². The molecule has 2 aromatic heterocycles. The topological polar surface area (TPSA) is 81.4 Å². The van der Waals surface area contributed by atoms with Gasteiger partial charge in [0.15, 0.2) is 0 Å². The Morgan fingerprint density at radius 3 is 3.12 bits per heavy atom. The first-order valence-electron chi connectivity index (χ1n) is 4.82. The van der Waals surface area contributed by atoms with E-state index in [1.807, 2.05) is 0 Å². The standard InChI is InChI=1S/C9H10ClN5O2/c1-5(8(16)17-2)13-7-3-6(10)14-9-11-4-12-15(7)9/h3-5,13H,1-2H3. The van der Waals surface area contributed by atoms with E-state index in [-0.39, 0.29) is 11.1 Å². The predicted molar refractivity (Wildman–Crippen MR) is 60.9 cm³/mol. The zero-order valence-electron chi connectivity index (χ0n) is 9.22. The maximum atomic E-state index is 11.3. The third kappa shape index (κ3) is 2.28. The summed E-state index contributed by atoms with van der Waals surface area (Å²) in [5, 5.41) is 7.16. The zero-order valence-corrected chi connectivity index (χ0v) is 9.97. The van der Waals surface area contributed by atoms with Crippen LogP contribution < -0.4 is 5.32 Å². The second-order valence-electron chi connectivity index (χ2n) is 3.33. The summed E-state index contributed by atoms with van der Waals surface area (Å²) in [6.45, 7) is 1.67. The van der Waals surface area contributed by atoms with Gasteiger partial charge < -0.3 is 10.1 Å². The fourth-order valence-electron chi connectivity index (χ4n) is 1.34. The van der Waals surface area contributed by atoms with E-state index < -0.39 is 6.04 Å². The third-order valence-corrected chi connectivity index (χ3v) is 2.33. The lowest BCUT2D eigenvalue weighted by molar-refractivity contribution is -0.141. The van der Waals surface area contributed by atoms with Crippen LogP contribution in [0, 0.1) is 0 Å². The van der Waals surface area contributed by atoms with Gasteiger partial charge >= 0.3 is 5.97 Å². The molecule has 0 aliphatic heterocycles. The summed E-state index contributed by atoms with van der Waals surface area (Å²) in [4.78, 5) is 19.2. The van der Waals surface area contributed by atoms with Gasteiger partial charge in [-0.3, -0.25) is 0 Å². The van der Waals surface area contributed by atoms with Crippen molar-refractivity contribution in [3.63, 3.8) is 0 Å². The van der Waals surface area contributed by atoms with E-state index >= 15 is 0 Å². The molecule has 2 aromatic rings. The Hall–Kier alpha value is -1.89. The first-order valence-corrected chi connectivity index (χ1v) is 5.20. The lowest BCUT2D eigenvalue weighted by Crippen LogP contribution is -2.28. The van der Waals surface area contributed by atoms with Gasteiger partial charge in [-0.2, -0.15) is 19.6 Å². The maximum absolute atomic E-state index is 11.3. The van der Waals surface area contributed by atoms with Gasteiger partial charge in [0.1, 0.15) is 23.3 Å². The van der Waals surface area contributed by atoms with Crippen LogP contribution in [0.5, 0.6) is 0 Å². The van der Waals surface area contributed by atoms with Crippen molar-refractivity contribution in [3.8, 4) is 0 Å². The van der Waals surface area contributed by atoms with Crippen molar-refractivity contribution in [2.24, 2.45) is 0 Å². The predicted octanol–water partition coefficient (Wildman–Crippen LogP) is 0.751.